The maximum absolute atomic E-state index is 5.74. The summed E-state index contributed by atoms with van der Waals surface area (Å²) in [5, 5.41) is 4.55. The molecule has 2 atom stereocenters. The van der Waals surface area contributed by atoms with E-state index in [0.29, 0.717) is 17.3 Å². The van der Waals surface area contributed by atoms with Gasteiger partial charge in [-0.05, 0) is 30.9 Å². The van der Waals surface area contributed by atoms with E-state index < -0.39 is 0 Å². The minimum absolute atomic E-state index is 0.349. The van der Waals surface area contributed by atoms with Gasteiger partial charge in [0.25, 0.3) is 0 Å². The average molecular weight is 193 g/mol. The molecule has 1 aliphatic carbocycles. The Morgan fingerprint density at radius 1 is 1.57 bits per heavy atom. The second-order valence-corrected chi connectivity index (χ2v) is 4.74. The highest BCUT2D eigenvalue weighted by atomic mass is 15.3. The monoisotopic (exact) mass is 193 g/mol. The van der Waals surface area contributed by atoms with Gasteiger partial charge in [0.1, 0.15) is 0 Å². The molecule has 1 saturated carbocycles. The van der Waals surface area contributed by atoms with Crippen molar-refractivity contribution in [3.8, 4) is 0 Å². The molecular weight excluding hydrogens is 174 g/mol. The summed E-state index contributed by atoms with van der Waals surface area (Å²) in [6.45, 7) is 8.38. The highest BCUT2D eigenvalue weighted by Crippen LogP contribution is 2.63. The molecule has 78 valence electrons. The van der Waals surface area contributed by atoms with Crippen molar-refractivity contribution in [3.63, 3.8) is 0 Å². The third-order valence-electron chi connectivity index (χ3n) is 3.61. The molecule has 1 heterocycles. The summed E-state index contributed by atoms with van der Waals surface area (Å²) < 4.78 is 1.98. The van der Waals surface area contributed by atoms with Gasteiger partial charge in [0.2, 0.25) is 0 Å². The molecule has 1 aromatic heterocycles. The van der Waals surface area contributed by atoms with Gasteiger partial charge in [0.15, 0.2) is 0 Å². The zero-order chi connectivity index (χ0) is 10.3. The normalized spacial score (nSPS) is 29.1. The summed E-state index contributed by atoms with van der Waals surface area (Å²) in [6, 6.07) is 2.13. The molecule has 0 saturated heterocycles. The van der Waals surface area contributed by atoms with Gasteiger partial charge >= 0.3 is 0 Å². The predicted molar refractivity (Wildman–Crippen MR) is 57.0 cm³/mol. The Kier molecular flexibility index (Phi) is 2.14. The van der Waals surface area contributed by atoms with Gasteiger partial charge in [0.05, 0.1) is 5.69 Å². The fourth-order valence-corrected chi connectivity index (χ4v) is 2.49. The van der Waals surface area contributed by atoms with E-state index in [0.717, 1.165) is 13.1 Å². The summed E-state index contributed by atoms with van der Waals surface area (Å²) in [4.78, 5) is 0. The average Bonchev–Trinajstić information content (AvgIpc) is 2.55. The molecule has 14 heavy (non-hydrogen) atoms. The second kappa shape index (κ2) is 3.09. The molecule has 2 N–H and O–H groups in total. The van der Waals surface area contributed by atoms with Crippen molar-refractivity contribution in [1.29, 1.82) is 0 Å². The summed E-state index contributed by atoms with van der Waals surface area (Å²) >= 11 is 0. The van der Waals surface area contributed by atoms with E-state index in [-0.39, 0.29) is 0 Å². The molecule has 0 bridgehead atoms. The first-order valence-electron chi connectivity index (χ1n) is 5.34. The molecule has 0 aromatic carbocycles. The van der Waals surface area contributed by atoms with Crippen LogP contribution in [-0.2, 0) is 6.54 Å². The lowest BCUT2D eigenvalue weighted by Crippen LogP contribution is -2.05. The lowest BCUT2D eigenvalue weighted by atomic mass is 10.1. The van der Waals surface area contributed by atoms with Gasteiger partial charge in [-0.2, -0.15) is 5.10 Å². The van der Waals surface area contributed by atoms with Crippen LogP contribution >= 0.6 is 0 Å². The molecule has 0 aliphatic heterocycles. The number of aromatic nitrogens is 2. The number of rotatable bonds is 3. The minimum atomic E-state index is 0.349. The summed E-state index contributed by atoms with van der Waals surface area (Å²) in [7, 11) is 0. The maximum Gasteiger partial charge on any atom is 0.0664 e. The van der Waals surface area contributed by atoms with Crippen LogP contribution in [0.3, 0.4) is 0 Å². The highest BCUT2D eigenvalue weighted by Gasteiger charge is 2.58. The van der Waals surface area contributed by atoms with Crippen molar-refractivity contribution >= 4 is 0 Å². The first-order valence-corrected chi connectivity index (χ1v) is 5.34. The Morgan fingerprint density at radius 2 is 2.29 bits per heavy atom. The maximum atomic E-state index is 5.74. The van der Waals surface area contributed by atoms with Crippen molar-refractivity contribution in [1.82, 2.24) is 9.78 Å². The Hall–Kier alpha value is -0.830. The second-order valence-electron chi connectivity index (χ2n) is 4.74. The van der Waals surface area contributed by atoms with E-state index >= 15 is 0 Å². The Balaban J connectivity index is 2.18. The first-order chi connectivity index (χ1) is 6.61. The molecule has 3 heteroatoms. The Bertz CT molecular complexity index is 327. The Morgan fingerprint density at radius 3 is 2.71 bits per heavy atom. The topological polar surface area (TPSA) is 43.8 Å². The molecule has 0 spiro atoms. The molecule has 2 unspecified atom stereocenters. The van der Waals surface area contributed by atoms with Crippen LogP contribution in [0.2, 0.25) is 0 Å². The number of hydrogen-bond donors (Lipinski definition) is 1. The van der Waals surface area contributed by atoms with Crippen LogP contribution < -0.4 is 5.73 Å². The van der Waals surface area contributed by atoms with Crippen molar-refractivity contribution in [2.75, 3.05) is 6.54 Å². The van der Waals surface area contributed by atoms with Crippen molar-refractivity contribution in [2.45, 2.75) is 33.2 Å². The Labute approximate surface area is 85.3 Å². The molecular formula is C11H19N3. The lowest BCUT2D eigenvalue weighted by Gasteiger charge is -1.99. The smallest absolute Gasteiger partial charge is 0.0664 e. The van der Waals surface area contributed by atoms with E-state index in [4.69, 9.17) is 5.73 Å². The van der Waals surface area contributed by atoms with Gasteiger partial charge in [-0.3, -0.25) is 4.68 Å². The SMILES string of the molecule is CCn1ccc(C2C(CN)C2(C)C)n1. The van der Waals surface area contributed by atoms with E-state index in [1.165, 1.54) is 5.69 Å². The molecule has 0 amide bonds. The van der Waals surface area contributed by atoms with E-state index in [2.05, 4.69) is 38.1 Å². The van der Waals surface area contributed by atoms with Crippen LogP contribution in [0.4, 0.5) is 0 Å². The van der Waals surface area contributed by atoms with Gasteiger partial charge in [-0.25, -0.2) is 0 Å². The van der Waals surface area contributed by atoms with Crippen molar-refractivity contribution < 1.29 is 0 Å². The van der Waals surface area contributed by atoms with Gasteiger partial charge in [0, 0.05) is 18.7 Å². The minimum Gasteiger partial charge on any atom is -0.330 e. The van der Waals surface area contributed by atoms with Crippen LogP contribution in [0.25, 0.3) is 0 Å². The zero-order valence-electron chi connectivity index (χ0n) is 9.20. The molecule has 3 nitrogen and oxygen atoms in total. The lowest BCUT2D eigenvalue weighted by molar-refractivity contribution is 0.555. The van der Waals surface area contributed by atoms with Gasteiger partial charge in [-0.15, -0.1) is 0 Å². The molecule has 1 aliphatic rings. The van der Waals surface area contributed by atoms with Crippen LogP contribution in [0.15, 0.2) is 12.3 Å². The number of nitrogens with two attached hydrogens (primary N) is 1. The predicted octanol–water partition coefficient (Wildman–Crippen LogP) is 1.60. The first kappa shape index (κ1) is 9.71. The molecule has 2 rings (SSSR count). The number of hydrogen-bond acceptors (Lipinski definition) is 2. The van der Waals surface area contributed by atoms with Gasteiger partial charge < -0.3 is 5.73 Å². The number of aryl methyl sites for hydroxylation is 1. The quantitative estimate of drug-likeness (QED) is 0.792. The van der Waals surface area contributed by atoms with Crippen molar-refractivity contribution in [3.05, 3.63) is 18.0 Å². The summed E-state index contributed by atoms with van der Waals surface area (Å²) in [5.41, 5.74) is 7.31. The fraction of sp³-hybridized carbons (Fsp3) is 0.727. The van der Waals surface area contributed by atoms with Crippen LogP contribution in [0.1, 0.15) is 32.4 Å². The van der Waals surface area contributed by atoms with Crippen LogP contribution in [0.5, 0.6) is 0 Å². The standard InChI is InChI=1S/C11H19N3/c1-4-14-6-5-9(13-14)10-8(7-12)11(10,2)3/h5-6,8,10H,4,7,12H2,1-3H3. The van der Waals surface area contributed by atoms with Crippen LogP contribution in [-0.4, -0.2) is 16.3 Å². The van der Waals surface area contributed by atoms with E-state index in [1.54, 1.807) is 0 Å². The largest absolute Gasteiger partial charge is 0.330 e. The third kappa shape index (κ3) is 1.27. The molecule has 1 fully saturated rings. The van der Waals surface area contributed by atoms with Crippen molar-refractivity contribution in [2.24, 2.45) is 17.1 Å². The third-order valence-corrected chi connectivity index (χ3v) is 3.61. The highest BCUT2D eigenvalue weighted by molar-refractivity contribution is 5.25. The van der Waals surface area contributed by atoms with Gasteiger partial charge in [-0.1, -0.05) is 13.8 Å². The van der Waals surface area contributed by atoms with E-state index in [1.807, 2.05) is 4.68 Å². The fourth-order valence-electron chi connectivity index (χ4n) is 2.49. The van der Waals surface area contributed by atoms with Crippen LogP contribution in [0, 0.1) is 11.3 Å². The molecule has 0 radical (unpaired) electrons. The van der Waals surface area contributed by atoms with E-state index in [9.17, 15) is 0 Å². The summed E-state index contributed by atoms with van der Waals surface area (Å²) in [5.74, 6) is 1.18. The number of nitrogens with zero attached hydrogens (tertiary/aromatic N) is 2. The zero-order valence-corrected chi connectivity index (χ0v) is 9.20. The summed E-state index contributed by atoms with van der Waals surface area (Å²) in [6.07, 6.45) is 2.05. The molecule has 1 aromatic rings.